The van der Waals surface area contributed by atoms with Gasteiger partial charge >= 0.3 is 0 Å². The molecule has 35 heavy (non-hydrogen) atoms. The predicted molar refractivity (Wildman–Crippen MR) is 148 cm³/mol. The van der Waals surface area contributed by atoms with E-state index in [0.29, 0.717) is 15.4 Å². The smallest absolute Gasteiger partial charge is 0.265 e. The van der Waals surface area contributed by atoms with Crippen molar-refractivity contribution < 1.29 is 19.8 Å². The Morgan fingerprint density at radius 3 is 2.14 bits per heavy atom. The van der Waals surface area contributed by atoms with Gasteiger partial charge in [-0.25, -0.2) is 0 Å². The van der Waals surface area contributed by atoms with Crippen LogP contribution in [-0.4, -0.2) is 33.5 Å². The molecule has 0 radical (unpaired) electrons. The minimum absolute atomic E-state index is 0.0753. The summed E-state index contributed by atoms with van der Waals surface area (Å²) in [5.74, 6) is -0.915. The minimum atomic E-state index is -1.79. The maximum absolute atomic E-state index is 12.9. The van der Waals surface area contributed by atoms with Crippen LogP contribution in [0.15, 0.2) is 33.2 Å². The number of unbranched alkanes of at least 4 members (excludes halogenated alkanes) is 11. The van der Waals surface area contributed by atoms with Gasteiger partial charge in [0.1, 0.15) is 5.75 Å². The number of hydrogen-bond acceptors (Lipinski definition) is 4. The van der Waals surface area contributed by atoms with E-state index in [1.165, 1.54) is 62.3 Å². The number of allylic oxidation sites excluding steroid dienone is 2. The van der Waals surface area contributed by atoms with E-state index in [2.05, 4.69) is 50.9 Å². The first-order valence-corrected chi connectivity index (χ1v) is 14.8. The molecular weight excluding hydrogens is 574 g/mol. The standard InChI is InChI=1S/C28H41Br2NO4/c1-2-3-4-5-6-7-8-9-10-11-12-13-14-15-16-17-25(33)31-19-18-28(35,27(31)34)22-20-23(29)26(30)24(32)21-22/h9-10,20-21,32,35H,2-8,11-19H2,1H3/b10-9-. The lowest BCUT2D eigenvalue weighted by molar-refractivity contribution is -0.151. The molecule has 2 amide bonds. The van der Waals surface area contributed by atoms with Crippen LogP contribution in [0.2, 0.25) is 0 Å². The van der Waals surface area contributed by atoms with Gasteiger partial charge in [-0.15, -0.1) is 0 Å². The Hall–Kier alpha value is -1.18. The van der Waals surface area contributed by atoms with Crippen molar-refractivity contribution in [2.24, 2.45) is 0 Å². The highest BCUT2D eigenvalue weighted by Crippen LogP contribution is 2.40. The largest absolute Gasteiger partial charge is 0.507 e. The molecule has 1 aromatic carbocycles. The molecule has 0 aliphatic carbocycles. The maximum Gasteiger partial charge on any atom is 0.265 e. The summed E-state index contributed by atoms with van der Waals surface area (Å²) in [7, 11) is 0. The molecule has 2 rings (SSSR count). The Balaban J connectivity index is 1.59. The highest BCUT2D eigenvalue weighted by molar-refractivity contribution is 9.13. The van der Waals surface area contributed by atoms with Crippen molar-refractivity contribution in [1.82, 2.24) is 4.90 Å². The monoisotopic (exact) mass is 613 g/mol. The van der Waals surface area contributed by atoms with E-state index < -0.39 is 11.5 Å². The van der Waals surface area contributed by atoms with Crippen molar-refractivity contribution in [3.8, 4) is 5.75 Å². The molecule has 1 aliphatic rings. The molecule has 1 atom stereocenters. The van der Waals surface area contributed by atoms with Crippen LogP contribution in [0.25, 0.3) is 0 Å². The number of carbonyl (C=O) groups excluding carboxylic acids is 2. The van der Waals surface area contributed by atoms with Gasteiger partial charge in [0.15, 0.2) is 5.60 Å². The molecule has 1 aromatic rings. The van der Waals surface area contributed by atoms with E-state index >= 15 is 0 Å². The molecule has 5 nitrogen and oxygen atoms in total. The van der Waals surface area contributed by atoms with E-state index in [1.807, 2.05) is 0 Å². The van der Waals surface area contributed by atoms with Crippen molar-refractivity contribution in [2.75, 3.05) is 6.54 Å². The molecule has 1 unspecified atom stereocenters. The summed E-state index contributed by atoms with van der Waals surface area (Å²) < 4.78 is 0.985. The van der Waals surface area contributed by atoms with Gasteiger partial charge < -0.3 is 10.2 Å². The molecule has 0 aromatic heterocycles. The zero-order valence-electron chi connectivity index (χ0n) is 21.0. The van der Waals surface area contributed by atoms with Crippen molar-refractivity contribution in [2.45, 2.75) is 109 Å². The maximum atomic E-state index is 12.9. The molecule has 1 fully saturated rings. The van der Waals surface area contributed by atoms with Crippen LogP contribution in [-0.2, 0) is 15.2 Å². The van der Waals surface area contributed by atoms with Crippen LogP contribution in [0, 0.1) is 0 Å². The number of amides is 2. The summed E-state index contributed by atoms with van der Waals surface area (Å²) in [6, 6.07) is 2.96. The van der Waals surface area contributed by atoms with E-state index in [0.717, 1.165) is 32.1 Å². The number of nitrogens with zero attached hydrogens (tertiary/aromatic N) is 1. The number of imide groups is 1. The summed E-state index contributed by atoms with van der Waals surface area (Å²) in [5.41, 5.74) is -1.51. The molecule has 1 aliphatic heterocycles. The van der Waals surface area contributed by atoms with Crippen LogP contribution >= 0.6 is 31.9 Å². The van der Waals surface area contributed by atoms with Gasteiger partial charge in [-0.3, -0.25) is 14.5 Å². The summed E-state index contributed by atoms with van der Waals surface area (Å²) in [5, 5.41) is 21.0. The lowest BCUT2D eigenvalue weighted by atomic mass is 9.92. The summed E-state index contributed by atoms with van der Waals surface area (Å²) >= 11 is 6.54. The Labute approximate surface area is 227 Å². The highest BCUT2D eigenvalue weighted by Gasteiger charge is 2.48. The summed E-state index contributed by atoms with van der Waals surface area (Å²) in [6.45, 7) is 2.44. The summed E-state index contributed by atoms with van der Waals surface area (Å²) in [4.78, 5) is 26.7. The van der Waals surface area contributed by atoms with Crippen LogP contribution in [0.4, 0.5) is 0 Å². The number of aliphatic hydroxyl groups is 1. The lowest BCUT2D eigenvalue weighted by Crippen LogP contribution is -2.40. The predicted octanol–water partition coefficient (Wildman–Crippen LogP) is 7.90. The third-order valence-corrected chi connectivity index (χ3v) is 8.73. The quantitative estimate of drug-likeness (QED) is 0.146. The van der Waals surface area contributed by atoms with E-state index in [4.69, 9.17) is 0 Å². The normalized spacial score (nSPS) is 18.2. The Kier molecular flexibility index (Phi) is 13.6. The Morgan fingerprint density at radius 1 is 0.971 bits per heavy atom. The number of rotatable bonds is 16. The molecular formula is C28H41Br2NO4. The number of halogens is 2. The number of aromatic hydroxyl groups is 1. The molecule has 2 N–H and O–H groups in total. The molecule has 1 heterocycles. The number of likely N-dealkylation sites (tertiary alicyclic amines) is 1. The van der Waals surface area contributed by atoms with E-state index in [9.17, 15) is 19.8 Å². The molecule has 196 valence electrons. The number of benzene rings is 1. The third kappa shape index (κ3) is 9.32. The molecule has 0 saturated carbocycles. The second-order valence-corrected chi connectivity index (χ2v) is 11.2. The molecule has 0 bridgehead atoms. The van der Waals surface area contributed by atoms with Gasteiger partial charge in [-0.05, 0) is 81.7 Å². The lowest BCUT2D eigenvalue weighted by Gasteiger charge is -2.23. The number of phenolic OH excluding ortho intramolecular Hbond substituents is 1. The fraction of sp³-hybridized carbons (Fsp3) is 0.643. The van der Waals surface area contributed by atoms with Gasteiger partial charge in [0.05, 0.1) is 4.47 Å². The Bertz CT molecular complexity index is 834. The van der Waals surface area contributed by atoms with Crippen LogP contribution in [0.1, 0.15) is 109 Å². The van der Waals surface area contributed by atoms with Crippen molar-refractivity contribution >= 4 is 43.7 Å². The van der Waals surface area contributed by atoms with Crippen LogP contribution in [0.3, 0.4) is 0 Å². The first kappa shape index (κ1) is 30.0. The van der Waals surface area contributed by atoms with Gasteiger partial charge in [-0.1, -0.05) is 70.4 Å². The van der Waals surface area contributed by atoms with Crippen LogP contribution in [0.5, 0.6) is 5.75 Å². The Morgan fingerprint density at radius 2 is 1.54 bits per heavy atom. The van der Waals surface area contributed by atoms with Gasteiger partial charge in [-0.2, -0.15) is 0 Å². The zero-order valence-corrected chi connectivity index (χ0v) is 24.2. The zero-order chi connectivity index (χ0) is 25.7. The number of hydrogen-bond donors (Lipinski definition) is 2. The molecule has 7 heteroatoms. The highest BCUT2D eigenvalue weighted by atomic mass is 79.9. The average molecular weight is 615 g/mol. The van der Waals surface area contributed by atoms with E-state index in [1.54, 1.807) is 6.07 Å². The van der Waals surface area contributed by atoms with Gasteiger partial charge in [0.25, 0.3) is 5.91 Å². The minimum Gasteiger partial charge on any atom is -0.507 e. The van der Waals surface area contributed by atoms with Crippen molar-refractivity contribution in [3.05, 3.63) is 38.8 Å². The second kappa shape index (κ2) is 15.8. The van der Waals surface area contributed by atoms with Gasteiger partial charge in [0, 0.05) is 23.9 Å². The van der Waals surface area contributed by atoms with Crippen molar-refractivity contribution in [3.63, 3.8) is 0 Å². The third-order valence-electron chi connectivity index (χ3n) is 6.74. The van der Waals surface area contributed by atoms with Gasteiger partial charge in [0.2, 0.25) is 5.91 Å². The first-order valence-electron chi connectivity index (χ1n) is 13.2. The average Bonchev–Trinajstić information content (AvgIpc) is 3.15. The second-order valence-electron chi connectivity index (χ2n) is 9.59. The first-order chi connectivity index (χ1) is 16.8. The van der Waals surface area contributed by atoms with Crippen molar-refractivity contribution in [1.29, 1.82) is 0 Å². The van der Waals surface area contributed by atoms with E-state index in [-0.39, 0.29) is 30.2 Å². The summed E-state index contributed by atoms with van der Waals surface area (Å²) in [6.07, 6.45) is 20.6. The molecule has 0 spiro atoms. The number of carbonyl (C=O) groups is 2. The van der Waals surface area contributed by atoms with Crippen LogP contribution < -0.4 is 0 Å². The fourth-order valence-corrected chi connectivity index (χ4v) is 5.19. The SMILES string of the molecule is CCCCCCCC/C=C\CCCCCCCC(=O)N1CCC(O)(c2cc(O)c(Br)c(Br)c2)C1=O. The topological polar surface area (TPSA) is 77.8 Å². The number of phenols is 1. The fourth-order valence-electron chi connectivity index (χ4n) is 4.51. The molecule has 1 saturated heterocycles.